The average molecular weight is 259 g/mol. The Labute approximate surface area is 99.3 Å². The molecule has 1 heterocycles. The lowest BCUT2D eigenvalue weighted by atomic mass is 10.2. The third-order valence-electron chi connectivity index (χ3n) is 2.03. The zero-order chi connectivity index (χ0) is 12.4. The number of nitrogens with zero attached hydrogens (tertiary/aromatic N) is 2. The van der Waals surface area contributed by atoms with Crippen molar-refractivity contribution in [2.45, 2.75) is 6.54 Å². The lowest BCUT2D eigenvalue weighted by Crippen LogP contribution is -2.04. The quantitative estimate of drug-likeness (QED) is 0.860. The molecule has 1 aromatic carbocycles. The molecule has 0 bridgehead atoms. The summed E-state index contributed by atoms with van der Waals surface area (Å²) in [7, 11) is 1.75. The Morgan fingerprint density at radius 1 is 1.18 bits per heavy atom. The Morgan fingerprint density at radius 3 is 2.41 bits per heavy atom. The normalized spacial score (nSPS) is 10.8. The van der Waals surface area contributed by atoms with Gasteiger partial charge in [-0.05, 0) is 19.2 Å². The van der Waals surface area contributed by atoms with Crippen LogP contribution in [0.3, 0.4) is 0 Å². The first-order chi connectivity index (χ1) is 8.11. The van der Waals surface area contributed by atoms with E-state index in [0.717, 1.165) is 12.1 Å². The molecule has 0 saturated heterocycles. The van der Waals surface area contributed by atoms with Gasteiger partial charge in [0.05, 0.1) is 0 Å². The number of rotatable bonds is 3. The Morgan fingerprint density at radius 2 is 1.82 bits per heavy atom. The number of benzene rings is 1. The minimum absolute atomic E-state index is 0.182. The fourth-order valence-corrected chi connectivity index (χ4v) is 2.11. The number of halogens is 3. The van der Waals surface area contributed by atoms with E-state index >= 15 is 0 Å². The van der Waals surface area contributed by atoms with Crippen LogP contribution in [0.2, 0.25) is 0 Å². The molecule has 0 unspecified atom stereocenters. The molecule has 0 saturated carbocycles. The van der Waals surface area contributed by atoms with E-state index in [4.69, 9.17) is 0 Å². The van der Waals surface area contributed by atoms with Crippen molar-refractivity contribution in [3.63, 3.8) is 0 Å². The first kappa shape index (κ1) is 12.0. The van der Waals surface area contributed by atoms with Crippen LogP contribution in [-0.2, 0) is 6.54 Å². The summed E-state index contributed by atoms with van der Waals surface area (Å²) >= 11 is 1.19. The van der Waals surface area contributed by atoms with Crippen LogP contribution in [0.5, 0.6) is 0 Å². The maximum atomic E-state index is 13.0. The van der Waals surface area contributed by atoms with Gasteiger partial charge < -0.3 is 5.32 Å². The summed E-state index contributed by atoms with van der Waals surface area (Å²) in [6.07, 6.45) is 0. The highest BCUT2D eigenvalue weighted by atomic mass is 32.1. The van der Waals surface area contributed by atoms with Crippen LogP contribution in [0, 0.1) is 17.5 Å². The maximum absolute atomic E-state index is 13.0. The average Bonchev–Trinajstić information content (AvgIpc) is 2.74. The van der Waals surface area contributed by atoms with Crippen molar-refractivity contribution in [2.24, 2.45) is 0 Å². The summed E-state index contributed by atoms with van der Waals surface area (Å²) < 4.78 is 38.8. The summed E-state index contributed by atoms with van der Waals surface area (Å²) in [5, 5.41) is 11.5. The molecular formula is C10H8F3N3S. The second kappa shape index (κ2) is 4.80. The van der Waals surface area contributed by atoms with Crippen LogP contribution in [0.4, 0.5) is 13.2 Å². The molecule has 0 spiro atoms. The molecule has 0 radical (unpaired) electrons. The van der Waals surface area contributed by atoms with E-state index in [1.165, 1.54) is 11.3 Å². The van der Waals surface area contributed by atoms with Gasteiger partial charge in [0, 0.05) is 12.1 Å². The number of hydrogen-bond donors (Lipinski definition) is 1. The molecule has 0 fully saturated rings. The van der Waals surface area contributed by atoms with Gasteiger partial charge in [-0.25, -0.2) is 13.2 Å². The second-order valence-corrected chi connectivity index (χ2v) is 4.35. The fraction of sp³-hybridized carbons (Fsp3) is 0.200. The van der Waals surface area contributed by atoms with E-state index in [9.17, 15) is 13.2 Å². The molecule has 3 nitrogen and oxygen atoms in total. The Bertz CT molecular complexity index is 518. The van der Waals surface area contributed by atoms with Crippen LogP contribution in [0.15, 0.2) is 12.1 Å². The van der Waals surface area contributed by atoms with Gasteiger partial charge in [-0.15, -0.1) is 10.2 Å². The van der Waals surface area contributed by atoms with Gasteiger partial charge >= 0.3 is 0 Å². The van der Waals surface area contributed by atoms with Crippen molar-refractivity contribution in [3.05, 3.63) is 34.6 Å². The zero-order valence-corrected chi connectivity index (χ0v) is 9.61. The third kappa shape index (κ3) is 2.45. The lowest BCUT2D eigenvalue weighted by Gasteiger charge is -1.98. The molecule has 90 valence electrons. The summed E-state index contributed by atoms with van der Waals surface area (Å²) in [5.41, 5.74) is 0.182. The summed E-state index contributed by atoms with van der Waals surface area (Å²) in [5.74, 6) is -3.94. The van der Waals surface area contributed by atoms with Gasteiger partial charge in [-0.3, -0.25) is 0 Å². The predicted molar refractivity (Wildman–Crippen MR) is 58.0 cm³/mol. The van der Waals surface area contributed by atoms with Crippen molar-refractivity contribution in [1.82, 2.24) is 15.5 Å². The molecule has 2 rings (SSSR count). The molecule has 0 amide bonds. The Balaban J connectivity index is 2.39. The number of nitrogens with one attached hydrogen (secondary N) is 1. The second-order valence-electron chi connectivity index (χ2n) is 3.29. The first-order valence-corrected chi connectivity index (χ1v) is 5.55. The van der Waals surface area contributed by atoms with Gasteiger partial charge in [0.15, 0.2) is 17.5 Å². The molecule has 17 heavy (non-hydrogen) atoms. The predicted octanol–water partition coefficient (Wildman–Crippen LogP) is 2.34. The molecular weight excluding hydrogens is 251 g/mol. The van der Waals surface area contributed by atoms with Crippen molar-refractivity contribution < 1.29 is 13.2 Å². The van der Waals surface area contributed by atoms with E-state index in [0.29, 0.717) is 16.6 Å². The summed E-state index contributed by atoms with van der Waals surface area (Å²) in [6, 6.07) is 1.81. The van der Waals surface area contributed by atoms with E-state index < -0.39 is 17.5 Å². The fourth-order valence-electron chi connectivity index (χ4n) is 1.27. The van der Waals surface area contributed by atoms with Crippen molar-refractivity contribution in [2.75, 3.05) is 7.05 Å². The van der Waals surface area contributed by atoms with Crippen LogP contribution in [0.1, 0.15) is 5.01 Å². The highest BCUT2D eigenvalue weighted by Gasteiger charge is 2.14. The molecule has 7 heteroatoms. The highest BCUT2D eigenvalue weighted by molar-refractivity contribution is 7.14. The van der Waals surface area contributed by atoms with Crippen molar-refractivity contribution in [1.29, 1.82) is 0 Å². The monoisotopic (exact) mass is 259 g/mol. The summed E-state index contributed by atoms with van der Waals surface area (Å²) in [6.45, 7) is 0.518. The van der Waals surface area contributed by atoms with E-state index in [1.54, 1.807) is 7.05 Å². The van der Waals surface area contributed by atoms with E-state index in [1.807, 2.05) is 0 Å². The van der Waals surface area contributed by atoms with E-state index in [2.05, 4.69) is 15.5 Å². The standard InChI is InChI=1S/C10H8F3N3S/c1-14-4-8-15-16-10(17-8)5-2-6(11)9(13)7(12)3-5/h2-3,14H,4H2,1H3. The Kier molecular flexibility index (Phi) is 3.39. The van der Waals surface area contributed by atoms with Crippen LogP contribution >= 0.6 is 11.3 Å². The van der Waals surface area contributed by atoms with E-state index in [-0.39, 0.29) is 5.56 Å². The van der Waals surface area contributed by atoms with Crippen molar-refractivity contribution in [3.8, 4) is 10.6 Å². The molecule has 1 N–H and O–H groups in total. The molecule has 0 aliphatic carbocycles. The van der Waals surface area contributed by atoms with Crippen molar-refractivity contribution >= 4 is 11.3 Å². The molecule has 1 aromatic heterocycles. The zero-order valence-electron chi connectivity index (χ0n) is 8.80. The number of aromatic nitrogens is 2. The Hall–Kier alpha value is -1.47. The van der Waals surface area contributed by atoms with Gasteiger partial charge in [0.1, 0.15) is 10.0 Å². The molecule has 0 aliphatic rings. The smallest absolute Gasteiger partial charge is 0.194 e. The topological polar surface area (TPSA) is 37.8 Å². The first-order valence-electron chi connectivity index (χ1n) is 4.73. The largest absolute Gasteiger partial charge is 0.313 e. The van der Waals surface area contributed by atoms with Gasteiger partial charge in [0.25, 0.3) is 0 Å². The van der Waals surface area contributed by atoms with Gasteiger partial charge in [-0.1, -0.05) is 11.3 Å². The SMILES string of the molecule is CNCc1nnc(-c2cc(F)c(F)c(F)c2)s1. The molecule has 0 aliphatic heterocycles. The number of hydrogen-bond acceptors (Lipinski definition) is 4. The molecule has 2 aromatic rings. The van der Waals surface area contributed by atoms with Gasteiger partial charge in [-0.2, -0.15) is 0 Å². The molecule has 0 atom stereocenters. The third-order valence-corrected chi connectivity index (χ3v) is 3.00. The highest BCUT2D eigenvalue weighted by Crippen LogP contribution is 2.26. The van der Waals surface area contributed by atoms with Crippen LogP contribution < -0.4 is 5.32 Å². The maximum Gasteiger partial charge on any atom is 0.194 e. The van der Waals surface area contributed by atoms with Crippen LogP contribution in [0.25, 0.3) is 10.6 Å². The van der Waals surface area contributed by atoms with Crippen LogP contribution in [-0.4, -0.2) is 17.2 Å². The minimum atomic E-state index is -1.48. The summed E-state index contributed by atoms with van der Waals surface area (Å²) in [4.78, 5) is 0. The minimum Gasteiger partial charge on any atom is -0.313 e. The van der Waals surface area contributed by atoms with Gasteiger partial charge in [0.2, 0.25) is 0 Å². The lowest BCUT2D eigenvalue weighted by molar-refractivity contribution is 0.447.